The van der Waals surface area contributed by atoms with E-state index in [1.54, 1.807) is 0 Å². The summed E-state index contributed by atoms with van der Waals surface area (Å²) in [5.41, 5.74) is 0. The van der Waals surface area contributed by atoms with E-state index in [-0.39, 0.29) is 32.0 Å². The molecule has 6 atom stereocenters. The Balaban J connectivity index is 2.39. The number of rotatable bonds is 33. The molecule has 1 saturated heterocycles. The lowest BCUT2D eigenvalue weighted by atomic mass is 9.99. The summed E-state index contributed by atoms with van der Waals surface area (Å²) in [7, 11) is 0. The Morgan fingerprint density at radius 3 is 1.60 bits per heavy atom. The number of aliphatic hydroxyl groups is 4. The highest BCUT2D eigenvalue weighted by molar-refractivity contribution is 5.70. The van der Waals surface area contributed by atoms with Crippen molar-refractivity contribution in [3.05, 3.63) is 12.2 Å². The van der Waals surface area contributed by atoms with E-state index in [0.29, 0.717) is 6.42 Å². The molecule has 0 bridgehead atoms. The number of hydrogen-bond donors (Lipinski definition) is 4. The summed E-state index contributed by atoms with van der Waals surface area (Å²) in [4.78, 5) is 25.1. The van der Waals surface area contributed by atoms with E-state index in [9.17, 15) is 30.0 Å². The molecule has 0 radical (unpaired) electrons. The van der Waals surface area contributed by atoms with Crippen LogP contribution in [0.1, 0.15) is 174 Å². The van der Waals surface area contributed by atoms with Crippen molar-refractivity contribution in [2.24, 2.45) is 0 Å². The number of unbranched alkanes of at least 4 members (excludes halogenated alkanes) is 20. The second-order valence-corrected chi connectivity index (χ2v) is 14.1. The van der Waals surface area contributed by atoms with Crippen LogP contribution in [0, 0.1) is 0 Å². The number of ether oxygens (including phenoxy) is 4. The van der Waals surface area contributed by atoms with Gasteiger partial charge in [0.05, 0.1) is 13.2 Å². The third kappa shape index (κ3) is 23.8. The molecule has 0 aromatic rings. The van der Waals surface area contributed by atoms with E-state index < -0.39 is 49.4 Å². The van der Waals surface area contributed by atoms with Crippen LogP contribution in [0.4, 0.5) is 0 Å². The summed E-state index contributed by atoms with van der Waals surface area (Å²) in [6.45, 7) is 3.38. The molecule has 0 saturated carbocycles. The number of esters is 2. The van der Waals surface area contributed by atoms with E-state index >= 15 is 0 Å². The smallest absolute Gasteiger partial charge is 0.306 e. The van der Waals surface area contributed by atoms with Crippen molar-refractivity contribution < 1.29 is 49.0 Å². The highest BCUT2D eigenvalue weighted by Gasteiger charge is 2.44. The fraction of sp³-hybridized carbons (Fsp3) is 0.900. The topological polar surface area (TPSA) is 152 Å². The van der Waals surface area contributed by atoms with Crippen LogP contribution in [-0.2, 0) is 28.5 Å². The van der Waals surface area contributed by atoms with Crippen molar-refractivity contribution in [1.29, 1.82) is 0 Å². The lowest BCUT2D eigenvalue weighted by Crippen LogP contribution is -2.59. The van der Waals surface area contributed by atoms with Gasteiger partial charge in [-0.3, -0.25) is 9.59 Å². The van der Waals surface area contributed by atoms with Crippen molar-refractivity contribution >= 4 is 11.9 Å². The molecule has 1 aliphatic rings. The predicted octanol–water partition coefficient (Wildman–Crippen LogP) is 7.61. The maximum atomic E-state index is 12.7. The Morgan fingerprint density at radius 2 is 1.06 bits per heavy atom. The maximum absolute atomic E-state index is 12.7. The van der Waals surface area contributed by atoms with Crippen molar-refractivity contribution in [3.63, 3.8) is 0 Å². The second-order valence-electron chi connectivity index (χ2n) is 14.1. The van der Waals surface area contributed by atoms with Crippen LogP contribution in [0.15, 0.2) is 12.2 Å². The monoisotopic (exact) mass is 715 g/mol. The molecule has 0 spiro atoms. The third-order valence-electron chi connectivity index (χ3n) is 9.40. The zero-order valence-electron chi connectivity index (χ0n) is 31.7. The van der Waals surface area contributed by atoms with E-state index in [4.69, 9.17) is 18.9 Å². The van der Waals surface area contributed by atoms with Gasteiger partial charge in [-0.05, 0) is 38.5 Å². The summed E-state index contributed by atoms with van der Waals surface area (Å²) < 4.78 is 22.0. The van der Waals surface area contributed by atoms with Gasteiger partial charge in [0.1, 0.15) is 31.0 Å². The Morgan fingerprint density at radius 1 is 0.600 bits per heavy atom. The lowest BCUT2D eigenvalue weighted by molar-refractivity contribution is -0.305. The summed E-state index contributed by atoms with van der Waals surface area (Å²) in [5, 5.41) is 39.9. The van der Waals surface area contributed by atoms with E-state index in [2.05, 4.69) is 26.0 Å². The first-order chi connectivity index (χ1) is 24.3. The minimum absolute atomic E-state index is 0.204. The SMILES string of the molecule is CCCCCCCCCCC/C=C/CCCCC(=O)O[C@H](COC(=O)CCCCCCCCCCCC)CO[C@@H]1O[C@H](CO)[C@H](O)C(O)C1O. The van der Waals surface area contributed by atoms with Crippen molar-refractivity contribution in [3.8, 4) is 0 Å². The number of carbonyl (C=O) groups excluding carboxylic acids is 2. The summed E-state index contributed by atoms with van der Waals surface area (Å²) in [6, 6.07) is 0. The summed E-state index contributed by atoms with van der Waals surface area (Å²) >= 11 is 0. The van der Waals surface area contributed by atoms with E-state index in [1.807, 2.05) is 0 Å². The normalized spacial score (nSPS) is 21.4. The maximum Gasteiger partial charge on any atom is 0.306 e. The van der Waals surface area contributed by atoms with Gasteiger partial charge in [-0.25, -0.2) is 0 Å². The highest BCUT2D eigenvalue weighted by atomic mass is 16.7. The highest BCUT2D eigenvalue weighted by Crippen LogP contribution is 2.22. The van der Waals surface area contributed by atoms with Gasteiger partial charge in [0, 0.05) is 12.8 Å². The molecule has 1 fully saturated rings. The van der Waals surface area contributed by atoms with Crippen LogP contribution in [0.25, 0.3) is 0 Å². The molecule has 10 heteroatoms. The van der Waals surface area contributed by atoms with Crippen molar-refractivity contribution in [2.75, 3.05) is 19.8 Å². The largest absolute Gasteiger partial charge is 0.462 e. The average molecular weight is 715 g/mol. The van der Waals surface area contributed by atoms with Crippen LogP contribution in [-0.4, -0.2) is 89.0 Å². The van der Waals surface area contributed by atoms with Gasteiger partial charge in [0.25, 0.3) is 0 Å². The van der Waals surface area contributed by atoms with Crippen LogP contribution in [0.3, 0.4) is 0 Å². The Labute approximate surface area is 303 Å². The molecule has 0 aliphatic carbocycles. The third-order valence-corrected chi connectivity index (χ3v) is 9.40. The molecule has 1 rings (SSSR count). The fourth-order valence-electron chi connectivity index (χ4n) is 6.12. The first kappa shape index (κ1) is 46.5. The summed E-state index contributed by atoms with van der Waals surface area (Å²) in [5.74, 6) is -0.829. The molecular weight excluding hydrogens is 640 g/mol. The zero-order valence-corrected chi connectivity index (χ0v) is 31.7. The number of aliphatic hydroxyl groups excluding tert-OH is 4. The molecule has 10 nitrogen and oxygen atoms in total. The quantitative estimate of drug-likeness (QED) is 0.0304. The molecule has 4 N–H and O–H groups in total. The zero-order chi connectivity index (χ0) is 36.7. The minimum atomic E-state index is -1.59. The first-order valence-corrected chi connectivity index (χ1v) is 20.3. The molecule has 0 aromatic heterocycles. The molecular formula is C40H74O10. The van der Waals surface area contributed by atoms with Gasteiger partial charge < -0.3 is 39.4 Å². The first-order valence-electron chi connectivity index (χ1n) is 20.3. The van der Waals surface area contributed by atoms with Crippen LogP contribution >= 0.6 is 0 Å². The minimum Gasteiger partial charge on any atom is -0.462 e. The Kier molecular flexibility index (Phi) is 29.8. The molecule has 294 valence electrons. The van der Waals surface area contributed by atoms with Crippen LogP contribution < -0.4 is 0 Å². The van der Waals surface area contributed by atoms with Crippen molar-refractivity contribution in [1.82, 2.24) is 0 Å². The molecule has 2 unspecified atom stereocenters. The Hall–Kier alpha value is -1.56. The van der Waals surface area contributed by atoms with Gasteiger partial charge in [0.15, 0.2) is 12.4 Å². The average Bonchev–Trinajstić information content (AvgIpc) is 3.11. The molecule has 0 amide bonds. The number of allylic oxidation sites excluding steroid dienone is 2. The van der Waals surface area contributed by atoms with Gasteiger partial charge in [-0.2, -0.15) is 0 Å². The predicted molar refractivity (Wildman–Crippen MR) is 196 cm³/mol. The van der Waals surface area contributed by atoms with Crippen molar-refractivity contribution in [2.45, 2.75) is 211 Å². The molecule has 1 heterocycles. The molecule has 50 heavy (non-hydrogen) atoms. The number of carbonyl (C=O) groups is 2. The molecule has 1 aliphatic heterocycles. The van der Waals surface area contributed by atoms with Gasteiger partial charge in [-0.15, -0.1) is 0 Å². The number of hydrogen-bond acceptors (Lipinski definition) is 10. The van der Waals surface area contributed by atoms with E-state index in [1.165, 1.54) is 103 Å². The van der Waals surface area contributed by atoms with Crippen LogP contribution in [0.5, 0.6) is 0 Å². The second kappa shape index (κ2) is 32.1. The standard InChI is InChI=1S/C40H74O10/c1-3-5-7-9-11-13-15-16-17-18-19-21-23-25-27-29-36(43)49-33(32-48-40-39(46)38(45)37(44)34(30-41)50-40)31-47-35(42)28-26-24-22-20-14-12-10-8-6-4-2/h19,21,33-34,37-41,44-46H,3-18,20,22-32H2,1-2H3/b21-19+/t33-,34-,37+,38?,39?,40-/m1/s1. The van der Waals surface area contributed by atoms with Gasteiger partial charge in [-0.1, -0.05) is 135 Å². The molecule has 0 aromatic carbocycles. The van der Waals surface area contributed by atoms with Gasteiger partial charge in [0.2, 0.25) is 0 Å². The van der Waals surface area contributed by atoms with E-state index in [0.717, 1.165) is 38.5 Å². The van der Waals surface area contributed by atoms with Gasteiger partial charge >= 0.3 is 11.9 Å². The lowest BCUT2D eigenvalue weighted by Gasteiger charge is -2.39. The summed E-state index contributed by atoms with van der Waals surface area (Å²) in [6.07, 6.45) is 23.7. The Bertz CT molecular complexity index is 835. The fourth-order valence-corrected chi connectivity index (χ4v) is 6.12. The van der Waals surface area contributed by atoms with Crippen LogP contribution in [0.2, 0.25) is 0 Å².